The Balaban J connectivity index is 1.22. The summed E-state index contributed by atoms with van der Waals surface area (Å²) < 4.78 is 7.16. The van der Waals surface area contributed by atoms with Crippen LogP contribution in [0.5, 0.6) is 5.75 Å². The van der Waals surface area contributed by atoms with Crippen LogP contribution in [0.15, 0.2) is 54.9 Å². The van der Waals surface area contributed by atoms with Crippen LogP contribution >= 0.6 is 0 Å². The van der Waals surface area contributed by atoms with E-state index in [1.54, 1.807) is 19.4 Å². The number of nitrogens with one attached hydrogen (secondary N) is 1. The van der Waals surface area contributed by atoms with Crippen molar-refractivity contribution < 1.29 is 9.53 Å². The summed E-state index contributed by atoms with van der Waals surface area (Å²) in [7, 11) is 1.62. The first-order valence-corrected chi connectivity index (χ1v) is 10.7. The molecular formula is C23H24N8O2. The van der Waals surface area contributed by atoms with Gasteiger partial charge in [0.15, 0.2) is 11.6 Å². The average Bonchev–Trinajstić information content (AvgIpc) is 3.53. The molecule has 10 nitrogen and oxygen atoms in total. The highest BCUT2D eigenvalue weighted by atomic mass is 16.5. The molecule has 0 unspecified atom stereocenters. The predicted molar refractivity (Wildman–Crippen MR) is 123 cm³/mol. The molecule has 1 saturated heterocycles. The van der Waals surface area contributed by atoms with E-state index in [1.807, 2.05) is 59.0 Å². The molecule has 0 saturated carbocycles. The number of nitrogens with zero attached hydrogens (tertiary/aromatic N) is 7. The lowest BCUT2D eigenvalue weighted by molar-refractivity contribution is 0.0740. The van der Waals surface area contributed by atoms with Crippen LogP contribution in [0, 0.1) is 6.92 Å². The molecule has 0 atom stereocenters. The minimum Gasteiger partial charge on any atom is -0.497 e. The van der Waals surface area contributed by atoms with Crippen molar-refractivity contribution >= 4 is 11.7 Å². The van der Waals surface area contributed by atoms with Gasteiger partial charge in [-0.15, -0.1) is 10.2 Å². The Kier molecular flexibility index (Phi) is 5.47. The summed E-state index contributed by atoms with van der Waals surface area (Å²) in [5.41, 5.74) is 2.07. The normalized spacial score (nSPS) is 13.9. The van der Waals surface area contributed by atoms with E-state index in [2.05, 4.69) is 30.3 Å². The first-order chi connectivity index (χ1) is 16.1. The van der Waals surface area contributed by atoms with E-state index in [-0.39, 0.29) is 5.91 Å². The molecule has 5 rings (SSSR count). The standard InChI is InChI=1S/C23H24N8O2/c1-16-24-8-9-31(16)22-7-6-21(27-28-22)29-10-12-30(13-11-29)23(32)20-15-19(25-26-20)17-4-3-5-18(14-17)33-2/h3-9,14-15H,10-13H2,1-2H3,(H,25,26). The monoisotopic (exact) mass is 444 g/mol. The van der Waals surface area contributed by atoms with Gasteiger partial charge in [0.25, 0.3) is 5.91 Å². The molecule has 33 heavy (non-hydrogen) atoms. The third kappa shape index (κ3) is 4.14. The third-order valence-electron chi connectivity index (χ3n) is 5.77. The number of carbonyl (C=O) groups excluding carboxylic acids is 1. The van der Waals surface area contributed by atoms with Crippen molar-refractivity contribution in [1.82, 2.24) is 34.8 Å². The van der Waals surface area contributed by atoms with E-state index >= 15 is 0 Å². The first kappa shape index (κ1) is 20.7. The Morgan fingerprint density at radius 3 is 2.52 bits per heavy atom. The third-order valence-corrected chi connectivity index (χ3v) is 5.77. The fourth-order valence-corrected chi connectivity index (χ4v) is 3.91. The molecule has 168 valence electrons. The molecule has 4 aromatic rings. The van der Waals surface area contributed by atoms with Crippen molar-refractivity contribution in [2.24, 2.45) is 0 Å². The zero-order valence-electron chi connectivity index (χ0n) is 18.5. The lowest BCUT2D eigenvalue weighted by atomic mass is 10.1. The van der Waals surface area contributed by atoms with E-state index in [0.717, 1.165) is 28.8 Å². The number of ether oxygens (including phenoxy) is 1. The van der Waals surface area contributed by atoms with Crippen LogP contribution in [0.3, 0.4) is 0 Å². The molecule has 1 amide bonds. The van der Waals surface area contributed by atoms with Crippen molar-refractivity contribution in [1.29, 1.82) is 0 Å². The summed E-state index contributed by atoms with van der Waals surface area (Å²) in [5.74, 6) is 3.07. The second kappa shape index (κ2) is 8.73. The van der Waals surface area contributed by atoms with Gasteiger partial charge in [-0.3, -0.25) is 14.5 Å². The van der Waals surface area contributed by atoms with Crippen LogP contribution < -0.4 is 9.64 Å². The summed E-state index contributed by atoms with van der Waals surface area (Å²) in [4.78, 5) is 21.2. The van der Waals surface area contributed by atoms with Crippen LogP contribution in [-0.4, -0.2) is 74.0 Å². The van der Waals surface area contributed by atoms with Crippen LogP contribution in [0.1, 0.15) is 16.3 Å². The number of hydrogen-bond acceptors (Lipinski definition) is 7. The van der Waals surface area contributed by atoms with Crippen molar-refractivity contribution in [2.45, 2.75) is 6.92 Å². The number of amides is 1. The number of anilines is 1. The smallest absolute Gasteiger partial charge is 0.272 e. The molecule has 1 aliphatic rings. The lowest BCUT2D eigenvalue weighted by Crippen LogP contribution is -2.49. The summed E-state index contributed by atoms with van der Waals surface area (Å²) in [6.45, 7) is 4.47. The molecule has 1 fully saturated rings. The second-order valence-corrected chi connectivity index (χ2v) is 7.77. The molecule has 0 spiro atoms. The molecule has 3 aromatic heterocycles. The predicted octanol–water partition coefficient (Wildman–Crippen LogP) is 2.33. The highest BCUT2D eigenvalue weighted by Gasteiger charge is 2.24. The Hall–Kier alpha value is -4.21. The number of benzene rings is 1. The number of carbonyl (C=O) groups is 1. The molecule has 0 bridgehead atoms. The Morgan fingerprint density at radius 1 is 1.03 bits per heavy atom. The fourth-order valence-electron chi connectivity index (χ4n) is 3.91. The maximum absolute atomic E-state index is 13.0. The summed E-state index contributed by atoms with van der Waals surface area (Å²) in [6.07, 6.45) is 3.60. The summed E-state index contributed by atoms with van der Waals surface area (Å²) in [6, 6.07) is 13.3. The second-order valence-electron chi connectivity index (χ2n) is 7.77. The molecule has 1 aliphatic heterocycles. The highest BCUT2D eigenvalue weighted by molar-refractivity contribution is 5.93. The number of imidazole rings is 1. The largest absolute Gasteiger partial charge is 0.497 e. The fraction of sp³-hybridized carbons (Fsp3) is 0.261. The average molecular weight is 444 g/mol. The van der Waals surface area contributed by atoms with E-state index in [1.165, 1.54) is 0 Å². The van der Waals surface area contributed by atoms with Gasteiger partial charge in [0.1, 0.15) is 17.3 Å². The van der Waals surface area contributed by atoms with E-state index in [9.17, 15) is 4.79 Å². The number of aryl methyl sites for hydroxylation is 1. The van der Waals surface area contributed by atoms with Crippen LogP contribution in [0.4, 0.5) is 5.82 Å². The van der Waals surface area contributed by atoms with Gasteiger partial charge < -0.3 is 14.5 Å². The first-order valence-electron chi connectivity index (χ1n) is 10.7. The Labute approximate surface area is 190 Å². The number of piperazine rings is 1. The Bertz CT molecular complexity index is 1260. The van der Waals surface area contributed by atoms with E-state index in [4.69, 9.17) is 4.74 Å². The van der Waals surface area contributed by atoms with Crippen molar-refractivity contribution in [3.63, 3.8) is 0 Å². The summed E-state index contributed by atoms with van der Waals surface area (Å²) >= 11 is 0. The quantitative estimate of drug-likeness (QED) is 0.504. The molecule has 1 N–H and O–H groups in total. The van der Waals surface area contributed by atoms with E-state index in [0.29, 0.717) is 37.6 Å². The number of aromatic amines is 1. The van der Waals surface area contributed by atoms with Crippen LogP contribution in [0.2, 0.25) is 0 Å². The molecule has 0 aliphatic carbocycles. The van der Waals surface area contributed by atoms with Crippen molar-refractivity contribution in [3.05, 3.63) is 66.4 Å². The van der Waals surface area contributed by atoms with Gasteiger partial charge in [-0.25, -0.2) is 4.98 Å². The maximum Gasteiger partial charge on any atom is 0.272 e. The molecule has 4 heterocycles. The summed E-state index contributed by atoms with van der Waals surface area (Å²) in [5, 5.41) is 15.9. The van der Waals surface area contributed by atoms with Gasteiger partial charge >= 0.3 is 0 Å². The van der Waals surface area contributed by atoms with Crippen molar-refractivity contribution in [3.8, 4) is 22.8 Å². The molecular weight excluding hydrogens is 420 g/mol. The van der Waals surface area contributed by atoms with Gasteiger partial charge in [-0.2, -0.15) is 5.10 Å². The van der Waals surface area contributed by atoms with Gasteiger partial charge in [-0.1, -0.05) is 12.1 Å². The topological polar surface area (TPSA) is 105 Å². The maximum atomic E-state index is 13.0. The molecule has 10 heteroatoms. The highest BCUT2D eigenvalue weighted by Crippen LogP contribution is 2.23. The van der Waals surface area contributed by atoms with Crippen LogP contribution in [0.25, 0.3) is 17.1 Å². The molecule has 0 radical (unpaired) electrons. The number of aromatic nitrogens is 6. The minimum atomic E-state index is -0.0617. The van der Waals surface area contributed by atoms with Gasteiger partial charge in [0.2, 0.25) is 0 Å². The number of methoxy groups -OCH3 is 1. The lowest BCUT2D eigenvalue weighted by Gasteiger charge is -2.34. The van der Waals surface area contributed by atoms with Gasteiger partial charge in [0, 0.05) is 44.1 Å². The minimum absolute atomic E-state index is 0.0617. The van der Waals surface area contributed by atoms with Gasteiger partial charge in [-0.05, 0) is 37.3 Å². The van der Waals surface area contributed by atoms with Crippen molar-refractivity contribution in [2.75, 3.05) is 38.2 Å². The van der Waals surface area contributed by atoms with E-state index < -0.39 is 0 Å². The number of rotatable bonds is 5. The number of H-pyrrole nitrogens is 1. The number of hydrogen-bond donors (Lipinski definition) is 1. The zero-order valence-corrected chi connectivity index (χ0v) is 18.5. The van der Waals surface area contributed by atoms with Gasteiger partial charge in [0.05, 0.1) is 12.8 Å². The molecule has 1 aromatic carbocycles. The van der Waals surface area contributed by atoms with Crippen LogP contribution in [-0.2, 0) is 0 Å². The SMILES string of the molecule is COc1cccc(-c2cc(C(=O)N3CCN(c4ccc(-n5ccnc5C)nn4)CC3)[nH]n2)c1. The Morgan fingerprint density at radius 2 is 1.82 bits per heavy atom. The zero-order chi connectivity index (χ0) is 22.8.